The smallest absolute Gasteiger partial charge is 0.256 e. The molecule has 0 aliphatic carbocycles. The van der Waals surface area contributed by atoms with Crippen LogP contribution in [0.4, 0.5) is 11.5 Å². The number of carbonyl (C=O) groups is 2. The van der Waals surface area contributed by atoms with Gasteiger partial charge in [0, 0.05) is 34.6 Å². The summed E-state index contributed by atoms with van der Waals surface area (Å²) in [7, 11) is 1.65. The minimum Gasteiger partial charge on any atom is -0.312 e. The summed E-state index contributed by atoms with van der Waals surface area (Å²) < 4.78 is 1.07. The van der Waals surface area contributed by atoms with Gasteiger partial charge in [-0.1, -0.05) is 6.58 Å². The van der Waals surface area contributed by atoms with Crippen molar-refractivity contribution in [3.63, 3.8) is 0 Å². The van der Waals surface area contributed by atoms with E-state index >= 15 is 0 Å². The number of carbonyl (C=O) groups excluding carboxylic acids is 2. The number of pyridine rings is 1. The Hall–Kier alpha value is -2.99. The molecule has 2 heterocycles. The Balaban J connectivity index is 1.79. The van der Waals surface area contributed by atoms with Crippen LogP contribution in [0.25, 0.3) is 10.1 Å². The third kappa shape index (κ3) is 3.04. The second-order valence-corrected chi connectivity index (χ2v) is 6.04. The van der Waals surface area contributed by atoms with Crippen LogP contribution < -0.4 is 10.2 Å². The summed E-state index contributed by atoms with van der Waals surface area (Å²) in [5, 5.41) is 5.71. The second-order valence-electron chi connectivity index (χ2n) is 5.09. The lowest BCUT2D eigenvalue weighted by Gasteiger charge is -2.15. The van der Waals surface area contributed by atoms with Gasteiger partial charge in [-0.05, 0) is 47.9 Å². The van der Waals surface area contributed by atoms with Gasteiger partial charge in [-0.15, -0.1) is 11.3 Å². The minimum absolute atomic E-state index is 0.208. The average Bonchev–Trinajstić information content (AvgIpc) is 3.10. The van der Waals surface area contributed by atoms with E-state index in [4.69, 9.17) is 0 Å². The second kappa shape index (κ2) is 6.64. The van der Waals surface area contributed by atoms with E-state index in [1.807, 2.05) is 17.5 Å². The number of likely N-dealkylation sites (N-methyl/N-ethyl adjacent to an activating group) is 1. The van der Waals surface area contributed by atoms with Gasteiger partial charge in [0.25, 0.3) is 5.91 Å². The van der Waals surface area contributed by atoms with Crippen molar-refractivity contribution in [1.82, 2.24) is 4.98 Å². The molecule has 120 valence electrons. The van der Waals surface area contributed by atoms with E-state index < -0.39 is 0 Å². The molecule has 0 radical (unpaired) electrons. The fourth-order valence-electron chi connectivity index (χ4n) is 2.27. The molecule has 3 rings (SSSR count). The molecule has 0 saturated carbocycles. The number of nitrogens with zero attached hydrogens (tertiary/aromatic N) is 2. The number of aromatic nitrogens is 1. The highest BCUT2D eigenvalue weighted by Crippen LogP contribution is 2.26. The average molecular weight is 337 g/mol. The molecule has 1 aromatic carbocycles. The van der Waals surface area contributed by atoms with Crippen LogP contribution in [0, 0.1) is 0 Å². The molecule has 0 saturated heterocycles. The summed E-state index contributed by atoms with van der Waals surface area (Å²) in [4.78, 5) is 29.7. The molecule has 0 aliphatic rings. The Bertz CT molecular complexity index is 915. The molecule has 0 fully saturated rings. The van der Waals surface area contributed by atoms with Gasteiger partial charge >= 0.3 is 0 Å². The fourth-order valence-corrected chi connectivity index (χ4v) is 3.06. The van der Waals surface area contributed by atoms with Crippen LogP contribution in [0.5, 0.6) is 0 Å². The van der Waals surface area contributed by atoms with Crippen molar-refractivity contribution >= 4 is 44.7 Å². The van der Waals surface area contributed by atoms with Crippen molar-refractivity contribution in [3.8, 4) is 0 Å². The highest BCUT2D eigenvalue weighted by molar-refractivity contribution is 7.17. The van der Waals surface area contributed by atoms with Gasteiger partial charge in [-0.2, -0.15) is 0 Å². The van der Waals surface area contributed by atoms with E-state index in [-0.39, 0.29) is 11.8 Å². The van der Waals surface area contributed by atoms with Crippen LogP contribution in [0.3, 0.4) is 0 Å². The molecule has 0 aliphatic heterocycles. The minimum atomic E-state index is -0.245. The van der Waals surface area contributed by atoms with Gasteiger partial charge in [0.2, 0.25) is 5.91 Å². The quantitative estimate of drug-likeness (QED) is 0.739. The maximum atomic E-state index is 12.4. The number of nitrogens with one attached hydrogen (secondary N) is 1. The van der Waals surface area contributed by atoms with Gasteiger partial charge < -0.3 is 10.2 Å². The maximum absolute atomic E-state index is 12.4. The van der Waals surface area contributed by atoms with E-state index in [1.165, 1.54) is 11.0 Å². The van der Waals surface area contributed by atoms with E-state index in [9.17, 15) is 9.59 Å². The maximum Gasteiger partial charge on any atom is 0.256 e. The molecule has 6 heteroatoms. The summed E-state index contributed by atoms with van der Waals surface area (Å²) in [6, 6.07) is 10.6. The Kier molecular flexibility index (Phi) is 4.39. The molecule has 0 spiro atoms. The van der Waals surface area contributed by atoms with E-state index in [1.54, 1.807) is 48.8 Å². The number of rotatable bonds is 4. The van der Waals surface area contributed by atoms with E-state index in [0.29, 0.717) is 17.1 Å². The van der Waals surface area contributed by atoms with Gasteiger partial charge in [-0.3, -0.25) is 9.59 Å². The topological polar surface area (TPSA) is 62.3 Å². The van der Waals surface area contributed by atoms with Gasteiger partial charge in [0.15, 0.2) is 0 Å². The largest absolute Gasteiger partial charge is 0.312 e. The number of anilines is 2. The summed E-state index contributed by atoms with van der Waals surface area (Å²) in [6.07, 6.45) is 2.92. The SMILES string of the molecule is C=CC(=O)N(C)c1ccc(C(=O)Nc2nccc3sccc23)cc1. The molecule has 0 bridgehead atoms. The number of hydrogen-bond acceptors (Lipinski definition) is 4. The summed E-state index contributed by atoms with van der Waals surface area (Å²) in [6.45, 7) is 3.46. The number of fused-ring (bicyclic) bond motifs is 1. The van der Waals surface area contributed by atoms with Crippen molar-refractivity contribution in [3.05, 3.63) is 66.2 Å². The lowest BCUT2D eigenvalue weighted by atomic mass is 10.2. The summed E-state index contributed by atoms with van der Waals surface area (Å²) >= 11 is 1.60. The number of hydrogen-bond donors (Lipinski definition) is 1. The molecule has 2 aromatic heterocycles. The predicted octanol–water partition coefficient (Wildman–Crippen LogP) is 3.70. The predicted molar refractivity (Wildman–Crippen MR) is 97.6 cm³/mol. The van der Waals surface area contributed by atoms with Crippen LogP contribution in [0.2, 0.25) is 0 Å². The fraction of sp³-hybridized carbons (Fsp3) is 0.0556. The van der Waals surface area contributed by atoms with Crippen LogP contribution in [0.1, 0.15) is 10.4 Å². The molecule has 2 amide bonds. The van der Waals surface area contributed by atoms with Crippen LogP contribution in [-0.2, 0) is 4.79 Å². The molecule has 0 atom stereocenters. The van der Waals surface area contributed by atoms with E-state index in [0.717, 1.165) is 10.1 Å². The Morgan fingerprint density at radius 3 is 2.67 bits per heavy atom. The van der Waals surface area contributed by atoms with Gasteiger partial charge in [0.1, 0.15) is 5.82 Å². The normalized spacial score (nSPS) is 10.4. The molecule has 5 nitrogen and oxygen atoms in total. The molecule has 3 aromatic rings. The lowest BCUT2D eigenvalue weighted by molar-refractivity contribution is -0.113. The zero-order chi connectivity index (χ0) is 17.1. The molecule has 24 heavy (non-hydrogen) atoms. The van der Waals surface area contributed by atoms with Gasteiger partial charge in [-0.25, -0.2) is 4.98 Å². The number of amides is 2. The highest BCUT2D eigenvalue weighted by atomic mass is 32.1. The lowest BCUT2D eigenvalue weighted by Crippen LogP contribution is -2.23. The van der Waals surface area contributed by atoms with Crippen molar-refractivity contribution < 1.29 is 9.59 Å². The third-order valence-electron chi connectivity index (χ3n) is 3.63. The summed E-state index contributed by atoms with van der Waals surface area (Å²) in [5.74, 6) is 0.0905. The van der Waals surface area contributed by atoms with Crippen molar-refractivity contribution in [2.75, 3.05) is 17.3 Å². The van der Waals surface area contributed by atoms with Crippen molar-refractivity contribution in [1.29, 1.82) is 0 Å². The monoisotopic (exact) mass is 337 g/mol. The number of thiophene rings is 1. The first-order valence-electron chi connectivity index (χ1n) is 7.24. The molecular weight excluding hydrogens is 322 g/mol. The van der Waals surface area contributed by atoms with Crippen LogP contribution in [0.15, 0.2) is 60.6 Å². The van der Waals surface area contributed by atoms with E-state index in [2.05, 4.69) is 16.9 Å². The van der Waals surface area contributed by atoms with Crippen molar-refractivity contribution in [2.24, 2.45) is 0 Å². The highest BCUT2D eigenvalue weighted by Gasteiger charge is 2.12. The zero-order valence-corrected chi connectivity index (χ0v) is 13.8. The summed E-state index contributed by atoms with van der Waals surface area (Å²) in [5.41, 5.74) is 1.18. The molecule has 0 unspecified atom stereocenters. The molecule has 1 N–H and O–H groups in total. The zero-order valence-electron chi connectivity index (χ0n) is 13.0. The first-order chi connectivity index (χ1) is 11.6. The standard InChI is InChI=1S/C18H15N3O2S/c1-3-16(22)21(2)13-6-4-12(5-7-13)18(23)20-17-14-9-11-24-15(14)8-10-19-17/h3-11H,1H2,2H3,(H,19,20,23). The first kappa shape index (κ1) is 15.9. The third-order valence-corrected chi connectivity index (χ3v) is 4.52. The Labute approximate surface area is 143 Å². The number of benzene rings is 1. The van der Waals surface area contributed by atoms with Gasteiger partial charge in [0.05, 0.1) is 0 Å². The van der Waals surface area contributed by atoms with Crippen molar-refractivity contribution in [2.45, 2.75) is 0 Å². The Morgan fingerprint density at radius 1 is 1.21 bits per heavy atom. The Morgan fingerprint density at radius 2 is 1.96 bits per heavy atom. The first-order valence-corrected chi connectivity index (χ1v) is 8.12. The molecular formula is C18H15N3O2S. The van der Waals surface area contributed by atoms with Crippen LogP contribution >= 0.6 is 11.3 Å². The van der Waals surface area contributed by atoms with Crippen LogP contribution in [-0.4, -0.2) is 23.8 Å².